The first kappa shape index (κ1) is 14.3. The summed E-state index contributed by atoms with van der Waals surface area (Å²) < 4.78 is 19.7. The zero-order chi connectivity index (χ0) is 14.9. The largest absolute Gasteiger partial charge is 0.456 e. The lowest BCUT2D eigenvalue weighted by Crippen LogP contribution is -2.12. The van der Waals surface area contributed by atoms with Crippen molar-refractivity contribution in [2.75, 3.05) is 5.73 Å². The molecule has 20 heavy (non-hydrogen) atoms. The summed E-state index contributed by atoms with van der Waals surface area (Å²) in [5.74, 6) is -1.17. The number of aryl methyl sites for hydroxylation is 2. The molecular weight excluding hydrogens is 285 g/mol. The molecule has 0 aliphatic heterocycles. The van der Waals surface area contributed by atoms with Crippen LogP contribution in [-0.4, -0.2) is 15.7 Å². The van der Waals surface area contributed by atoms with Gasteiger partial charge in [-0.25, -0.2) is 9.18 Å². The second-order valence-corrected chi connectivity index (χ2v) is 4.70. The molecule has 1 heterocycles. The fraction of sp³-hybridized carbons (Fsp3) is 0.231. The van der Waals surface area contributed by atoms with Crippen LogP contribution in [0.1, 0.15) is 21.7 Å². The molecule has 0 amide bonds. The van der Waals surface area contributed by atoms with E-state index in [4.69, 9.17) is 22.1 Å². The van der Waals surface area contributed by atoms with Crippen molar-refractivity contribution in [3.63, 3.8) is 0 Å². The molecule has 2 aromatic rings. The molecule has 0 unspecified atom stereocenters. The van der Waals surface area contributed by atoms with Crippen molar-refractivity contribution in [1.29, 1.82) is 0 Å². The Morgan fingerprint density at radius 3 is 2.80 bits per heavy atom. The van der Waals surface area contributed by atoms with E-state index in [1.165, 1.54) is 16.8 Å². The lowest BCUT2D eigenvalue weighted by atomic mass is 10.2. The minimum atomic E-state index is -0.610. The summed E-state index contributed by atoms with van der Waals surface area (Å²) in [7, 11) is 1.60. The number of ether oxygens (including phenoxy) is 1. The highest BCUT2D eigenvalue weighted by molar-refractivity contribution is 6.30. The lowest BCUT2D eigenvalue weighted by molar-refractivity contribution is 0.0461. The Hall–Kier alpha value is -2.08. The van der Waals surface area contributed by atoms with Crippen LogP contribution in [0.2, 0.25) is 5.02 Å². The van der Waals surface area contributed by atoms with E-state index in [1.54, 1.807) is 20.0 Å². The Morgan fingerprint density at radius 1 is 1.55 bits per heavy atom. The van der Waals surface area contributed by atoms with E-state index in [9.17, 15) is 9.18 Å². The fourth-order valence-corrected chi connectivity index (χ4v) is 1.88. The number of esters is 1. The number of halogens is 2. The highest BCUT2D eigenvalue weighted by Gasteiger charge is 2.19. The molecular formula is C13H13ClFN3O2. The van der Waals surface area contributed by atoms with Gasteiger partial charge in [0.1, 0.15) is 12.4 Å². The zero-order valence-corrected chi connectivity index (χ0v) is 11.7. The fourth-order valence-electron chi connectivity index (χ4n) is 1.76. The van der Waals surface area contributed by atoms with E-state index in [0.717, 1.165) is 0 Å². The molecule has 2 N–H and O–H groups in total. The molecule has 0 spiro atoms. The second kappa shape index (κ2) is 5.50. The molecule has 0 radical (unpaired) electrons. The van der Waals surface area contributed by atoms with Crippen LogP contribution in [0.3, 0.4) is 0 Å². The summed E-state index contributed by atoms with van der Waals surface area (Å²) in [6.45, 7) is 1.62. The number of aromatic nitrogens is 2. The first-order chi connectivity index (χ1) is 9.40. The van der Waals surface area contributed by atoms with Crippen molar-refractivity contribution in [2.24, 2.45) is 7.05 Å². The molecule has 0 atom stereocenters. The number of nitrogen functional groups attached to an aromatic ring is 1. The van der Waals surface area contributed by atoms with Gasteiger partial charge in [-0.05, 0) is 24.6 Å². The molecule has 5 nitrogen and oxygen atoms in total. The Labute approximate surface area is 120 Å². The summed E-state index contributed by atoms with van der Waals surface area (Å²) in [4.78, 5) is 11.9. The predicted octanol–water partition coefficient (Wildman–Crippen LogP) is 2.46. The van der Waals surface area contributed by atoms with Crippen molar-refractivity contribution < 1.29 is 13.9 Å². The SMILES string of the molecule is Cc1nn(C)c(C(=O)OCc2ccc(Cl)c(F)c2)c1N. The van der Waals surface area contributed by atoms with Crippen molar-refractivity contribution in [3.05, 3.63) is 46.0 Å². The third-order valence-electron chi connectivity index (χ3n) is 2.82. The normalized spacial score (nSPS) is 10.6. The smallest absolute Gasteiger partial charge is 0.359 e. The maximum Gasteiger partial charge on any atom is 0.359 e. The van der Waals surface area contributed by atoms with Gasteiger partial charge in [0, 0.05) is 7.05 Å². The van der Waals surface area contributed by atoms with E-state index >= 15 is 0 Å². The van der Waals surface area contributed by atoms with Crippen molar-refractivity contribution >= 4 is 23.3 Å². The minimum Gasteiger partial charge on any atom is -0.456 e. The molecule has 0 saturated heterocycles. The minimum absolute atomic E-state index is 0.0200. The van der Waals surface area contributed by atoms with Crippen LogP contribution >= 0.6 is 11.6 Å². The summed E-state index contributed by atoms with van der Waals surface area (Å²) in [5, 5.41) is 4.05. The third kappa shape index (κ3) is 2.75. The number of rotatable bonds is 3. The van der Waals surface area contributed by atoms with E-state index in [-0.39, 0.29) is 23.0 Å². The average molecular weight is 298 g/mol. The van der Waals surface area contributed by atoms with Gasteiger partial charge in [-0.2, -0.15) is 5.10 Å². The van der Waals surface area contributed by atoms with Gasteiger partial charge in [-0.3, -0.25) is 4.68 Å². The quantitative estimate of drug-likeness (QED) is 0.884. The molecule has 2 rings (SSSR count). The summed E-state index contributed by atoms with van der Waals surface area (Å²) in [6.07, 6.45) is 0. The van der Waals surface area contributed by atoms with Gasteiger partial charge in [0.05, 0.1) is 16.4 Å². The summed E-state index contributed by atoms with van der Waals surface area (Å²) in [5.41, 5.74) is 7.26. The number of hydrogen-bond acceptors (Lipinski definition) is 4. The van der Waals surface area contributed by atoms with Crippen molar-refractivity contribution in [3.8, 4) is 0 Å². The Bertz CT molecular complexity index is 670. The molecule has 1 aromatic carbocycles. The van der Waals surface area contributed by atoms with Crippen LogP contribution in [0.15, 0.2) is 18.2 Å². The van der Waals surface area contributed by atoms with Gasteiger partial charge in [-0.1, -0.05) is 17.7 Å². The van der Waals surface area contributed by atoms with Crippen molar-refractivity contribution in [2.45, 2.75) is 13.5 Å². The van der Waals surface area contributed by atoms with Gasteiger partial charge in [0.15, 0.2) is 5.69 Å². The van der Waals surface area contributed by atoms with E-state index in [0.29, 0.717) is 11.3 Å². The van der Waals surface area contributed by atoms with Gasteiger partial charge >= 0.3 is 5.97 Å². The average Bonchev–Trinajstić information content (AvgIpc) is 2.64. The number of carbonyl (C=O) groups is 1. The maximum atomic E-state index is 13.3. The van der Waals surface area contributed by atoms with Crippen LogP contribution in [-0.2, 0) is 18.4 Å². The van der Waals surface area contributed by atoms with E-state index in [1.807, 2.05) is 0 Å². The maximum absolute atomic E-state index is 13.3. The number of benzene rings is 1. The topological polar surface area (TPSA) is 70.1 Å². The predicted molar refractivity (Wildman–Crippen MR) is 72.9 cm³/mol. The van der Waals surface area contributed by atoms with Gasteiger partial charge < -0.3 is 10.5 Å². The van der Waals surface area contributed by atoms with Gasteiger partial charge in [0.25, 0.3) is 0 Å². The molecule has 0 fully saturated rings. The third-order valence-corrected chi connectivity index (χ3v) is 3.12. The Morgan fingerprint density at radius 2 is 2.25 bits per heavy atom. The zero-order valence-electron chi connectivity index (χ0n) is 11.0. The first-order valence-corrected chi connectivity index (χ1v) is 6.18. The van der Waals surface area contributed by atoms with Gasteiger partial charge in [-0.15, -0.1) is 0 Å². The lowest BCUT2D eigenvalue weighted by Gasteiger charge is -2.06. The Balaban J connectivity index is 2.10. The highest BCUT2D eigenvalue weighted by Crippen LogP contribution is 2.19. The molecule has 106 valence electrons. The first-order valence-electron chi connectivity index (χ1n) is 5.80. The molecule has 7 heteroatoms. The van der Waals surface area contributed by atoms with Crippen LogP contribution in [0, 0.1) is 12.7 Å². The second-order valence-electron chi connectivity index (χ2n) is 4.30. The highest BCUT2D eigenvalue weighted by atomic mass is 35.5. The van der Waals surface area contributed by atoms with E-state index in [2.05, 4.69) is 5.10 Å². The molecule has 0 aliphatic carbocycles. The number of carbonyl (C=O) groups excluding carboxylic acids is 1. The van der Waals surface area contributed by atoms with Gasteiger partial charge in [0.2, 0.25) is 0 Å². The molecule has 0 saturated carbocycles. The van der Waals surface area contributed by atoms with Crippen LogP contribution in [0.4, 0.5) is 10.1 Å². The number of nitrogens with two attached hydrogens (primary N) is 1. The number of hydrogen-bond donors (Lipinski definition) is 1. The summed E-state index contributed by atoms with van der Waals surface area (Å²) >= 11 is 5.57. The molecule has 0 bridgehead atoms. The summed E-state index contributed by atoms with van der Waals surface area (Å²) in [6, 6.07) is 4.20. The van der Waals surface area contributed by atoms with Crippen LogP contribution < -0.4 is 5.73 Å². The Kier molecular flexibility index (Phi) is 3.94. The van der Waals surface area contributed by atoms with Crippen molar-refractivity contribution in [1.82, 2.24) is 9.78 Å². The van der Waals surface area contributed by atoms with Crippen LogP contribution in [0.25, 0.3) is 0 Å². The number of nitrogens with zero attached hydrogens (tertiary/aromatic N) is 2. The van der Waals surface area contributed by atoms with E-state index < -0.39 is 11.8 Å². The standard InChI is InChI=1S/C13H13ClFN3O2/c1-7-11(16)12(18(2)17-7)13(19)20-6-8-3-4-9(14)10(15)5-8/h3-5H,6,16H2,1-2H3. The monoisotopic (exact) mass is 297 g/mol. The molecule has 1 aromatic heterocycles. The number of anilines is 1. The molecule has 0 aliphatic rings. The van der Waals surface area contributed by atoms with Crippen LogP contribution in [0.5, 0.6) is 0 Å².